The van der Waals surface area contributed by atoms with E-state index in [1.165, 1.54) is 14.1 Å². The summed E-state index contributed by atoms with van der Waals surface area (Å²) in [5, 5.41) is 8.94. The van der Waals surface area contributed by atoms with E-state index in [4.69, 9.17) is 9.84 Å². The Hall–Kier alpha value is -2.07. The lowest BCUT2D eigenvalue weighted by Gasteiger charge is -2.27. The molecule has 126 valence electrons. The molecule has 0 radical (unpaired) electrons. The molecule has 10 heteroatoms. The molecule has 0 fully saturated rings. The molecular weight excluding hydrogens is 339 g/mol. The van der Waals surface area contributed by atoms with Crippen LogP contribution in [0.1, 0.15) is 5.56 Å². The Kier molecular flexibility index (Phi) is 4.16. The molecule has 0 spiro atoms. The third-order valence-electron chi connectivity index (χ3n) is 3.14. The third-order valence-corrected chi connectivity index (χ3v) is 4.95. The molecule has 1 heterocycles. The van der Waals surface area contributed by atoms with Gasteiger partial charge >= 0.3 is 12.1 Å². The average Bonchev–Trinajstić information content (AvgIpc) is 2.43. The summed E-state index contributed by atoms with van der Waals surface area (Å²) in [5.74, 6) is -2.03. The number of benzene rings is 1. The Balaban J connectivity index is 2.58. The number of rotatable bonds is 3. The number of carboxylic acids is 1. The van der Waals surface area contributed by atoms with Gasteiger partial charge in [0.1, 0.15) is 5.75 Å². The summed E-state index contributed by atoms with van der Waals surface area (Å²) in [6.07, 6.45) is -6.74. The van der Waals surface area contributed by atoms with Gasteiger partial charge in [-0.3, -0.25) is 0 Å². The quantitative estimate of drug-likeness (QED) is 0.897. The first-order chi connectivity index (χ1) is 10.4. The zero-order valence-electron chi connectivity index (χ0n) is 12.0. The van der Waals surface area contributed by atoms with Crippen LogP contribution in [0.5, 0.6) is 5.75 Å². The number of sulfonamides is 1. The normalized spacial score (nSPS) is 18.2. The maximum Gasteiger partial charge on any atom is 0.430 e. The summed E-state index contributed by atoms with van der Waals surface area (Å²) in [7, 11) is -1.22. The largest absolute Gasteiger partial charge is 0.478 e. The van der Waals surface area contributed by atoms with Crippen molar-refractivity contribution in [3.8, 4) is 5.75 Å². The molecule has 1 aromatic carbocycles. The summed E-state index contributed by atoms with van der Waals surface area (Å²) in [6.45, 7) is 0. The third kappa shape index (κ3) is 3.17. The van der Waals surface area contributed by atoms with Crippen LogP contribution in [0.15, 0.2) is 28.7 Å². The van der Waals surface area contributed by atoms with Gasteiger partial charge in [0.25, 0.3) is 0 Å². The highest BCUT2D eigenvalue weighted by atomic mass is 32.2. The SMILES string of the molecule is CN(C)S(=O)(=O)c1ccc2c(c1)C=C(C(=O)O)[C@@H](C(F)(F)F)O2. The Bertz CT molecular complexity index is 783. The van der Waals surface area contributed by atoms with Crippen molar-refractivity contribution in [3.05, 3.63) is 29.3 Å². The zero-order valence-corrected chi connectivity index (χ0v) is 12.8. The Morgan fingerprint density at radius 1 is 1.30 bits per heavy atom. The number of carboxylic acid groups (broad SMARTS) is 1. The van der Waals surface area contributed by atoms with Gasteiger partial charge in [-0.25, -0.2) is 17.5 Å². The second-order valence-electron chi connectivity index (χ2n) is 4.93. The number of ether oxygens (including phenoxy) is 1. The Labute approximate surface area is 129 Å². The first-order valence-corrected chi connectivity index (χ1v) is 7.63. The van der Waals surface area contributed by atoms with Gasteiger partial charge in [-0.05, 0) is 24.3 Å². The molecule has 0 unspecified atom stereocenters. The summed E-state index contributed by atoms with van der Waals surface area (Å²) < 4.78 is 68.4. The smallest absolute Gasteiger partial charge is 0.430 e. The van der Waals surface area contributed by atoms with Gasteiger partial charge in [-0.2, -0.15) is 13.2 Å². The van der Waals surface area contributed by atoms with Crippen molar-refractivity contribution in [2.24, 2.45) is 0 Å². The molecular formula is C13H12F3NO5S. The van der Waals surface area contributed by atoms with Gasteiger partial charge in [0, 0.05) is 19.7 Å². The van der Waals surface area contributed by atoms with E-state index >= 15 is 0 Å². The predicted molar refractivity (Wildman–Crippen MR) is 73.4 cm³/mol. The van der Waals surface area contributed by atoms with E-state index < -0.39 is 33.8 Å². The van der Waals surface area contributed by atoms with Gasteiger partial charge in [0.05, 0.1) is 10.5 Å². The predicted octanol–water partition coefficient (Wildman–Crippen LogP) is 1.73. The van der Waals surface area contributed by atoms with Crippen molar-refractivity contribution < 1.29 is 36.2 Å². The van der Waals surface area contributed by atoms with Crippen LogP contribution in [0.2, 0.25) is 0 Å². The highest BCUT2D eigenvalue weighted by molar-refractivity contribution is 7.89. The van der Waals surface area contributed by atoms with E-state index in [0.29, 0.717) is 0 Å². The van der Waals surface area contributed by atoms with Crippen molar-refractivity contribution in [1.29, 1.82) is 0 Å². The molecule has 0 amide bonds. The highest BCUT2D eigenvalue weighted by Gasteiger charge is 2.48. The fraction of sp³-hybridized carbons (Fsp3) is 0.308. The second-order valence-corrected chi connectivity index (χ2v) is 7.08. The summed E-state index contributed by atoms with van der Waals surface area (Å²) in [5.41, 5.74) is -1.06. The molecule has 2 rings (SSSR count). The van der Waals surface area contributed by atoms with Crippen LogP contribution < -0.4 is 4.74 Å². The van der Waals surface area contributed by atoms with Crippen molar-refractivity contribution in [2.75, 3.05) is 14.1 Å². The van der Waals surface area contributed by atoms with Crippen LogP contribution in [-0.2, 0) is 14.8 Å². The number of hydrogen-bond acceptors (Lipinski definition) is 4. The first kappa shape index (κ1) is 17.3. The summed E-state index contributed by atoms with van der Waals surface area (Å²) in [6, 6.07) is 3.24. The van der Waals surface area contributed by atoms with Gasteiger partial charge < -0.3 is 9.84 Å². The molecule has 0 aromatic heterocycles. The maximum atomic E-state index is 12.9. The van der Waals surface area contributed by atoms with Crippen LogP contribution in [-0.4, -0.2) is 50.2 Å². The average molecular weight is 351 g/mol. The van der Waals surface area contributed by atoms with Crippen LogP contribution in [0, 0.1) is 0 Å². The van der Waals surface area contributed by atoms with Crippen LogP contribution >= 0.6 is 0 Å². The lowest BCUT2D eigenvalue weighted by molar-refractivity contribution is -0.187. The maximum absolute atomic E-state index is 12.9. The molecule has 0 saturated carbocycles. The minimum absolute atomic E-state index is 0.0502. The van der Waals surface area contributed by atoms with Crippen LogP contribution in [0.25, 0.3) is 6.08 Å². The Morgan fingerprint density at radius 3 is 2.39 bits per heavy atom. The van der Waals surface area contributed by atoms with Gasteiger partial charge in [0.2, 0.25) is 16.1 Å². The van der Waals surface area contributed by atoms with Crippen molar-refractivity contribution >= 4 is 22.1 Å². The topological polar surface area (TPSA) is 83.9 Å². The van der Waals surface area contributed by atoms with Crippen LogP contribution in [0.3, 0.4) is 0 Å². The van der Waals surface area contributed by atoms with E-state index in [1.54, 1.807) is 0 Å². The molecule has 1 atom stereocenters. The van der Waals surface area contributed by atoms with Crippen molar-refractivity contribution in [2.45, 2.75) is 17.2 Å². The molecule has 1 aliphatic rings. The standard InChI is InChI=1S/C13H12F3NO5S/c1-17(2)23(20,21)8-3-4-10-7(5-8)6-9(12(18)19)11(22-10)13(14,15)16/h3-6,11H,1-2H3,(H,18,19)/t11-/m0/s1. The van der Waals surface area contributed by atoms with E-state index in [2.05, 4.69) is 0 Å². The lowest BCUT2D eigenvalue weighted by atomic mass is 10.0. The molecule has 1 aromatic rings. The van der Waals surface area contributed by atoms with E-state index in [9.17, 15) is 26.4 Å². The minimum Gasteiger partial charge on any atom is -0.478 e. The molecule has 1 N–H and O–H groups in total. The van der Waals surface area contributed by atoms with Crippen molar-refractivity contribution in [3.63, 3.8) is 0 Å². The van der Waals surface area contributed by atoms with Gasteiger partial charge in [-0.1, -0.05) is 0 Å². The van der Waals surface area contributed by atoms with E-state index in [-0.39, 0.29) is 16.2 Å². The summed E-state index contributed by atoms with van der Waals surface area (Å²) >= 11 is 0. The number of nitrogens with zero attached hydrogens (tertiary/aromatic N) is 1. The first-order valence-electron chi connectivity index (χ1n) is 6.19. The summed E-state index contributed by atoms with van der Waals surface area (Å²) in [4.78, 5) is 10.9. The lowest BCUT2D eigenvalue weighted by Crippen LogP contribution is -2.40. The number of carbonyl (C=O) groups is 1. The number of halogens is 3. The highest BCUT2D eigenvalue weighted by Crippen LogP contribution is 2.38. The van der Waals surface area contributed by atoms with Crippen LogP contribution in [0.4, 0.5) is 13.2 Å². The molecule has 1 aliphatic heterocycles. The number of aliphatic carboxylic acids is 1. The number of alkyl halides is 3. The fourth-order valence-corrected chi connectivity index (χ4v) is 2.91. The minimum atomic E-state index is -4.91. The molecule has 0 aliphatic carbocycles. The van der Waals surface area contributed by atoms with Crippen molar-refractivity contribution in [1.82, 2.24) is 4.31 Å². The van der Waals surface area contributed by atoms with Gasteiger partial charge in [-0.15, -0.1) is 0 Å². The molecule has 0 saturated heterocycles. The number of hydrogen-bond donors (Lipinski definition) is 1. The molecule has 23 heavy (non-hydrogen) atoms. The Morgan fingerprint density at radius 2 is 1.91 bits per heavy atom. The monoisotopic (exact) mass is 351 g/mol. The second kappa shape index (κ2) is 5.53. The fourth-order valence-electron chi connectivity index (χ4n) is 1.97. The van der Waals surface area contributed by atoms with E-state index in [1.807, 2.05) is 0 Å². The zero-order chi connectivity index (χ0) is 17.6. The van der Waals surface area contributed by atoms with Gasteiger partial charge in [0.15, 0.2) is 0 Å². The van der Waals surface area contributed by atoms with E-state index in [0.717, 1.165) is 28.6 Å². The molecule has 0 bridgehead atoms. The number of fused-ring (bicyclic) bond motifs is 1. The molecule has 6 nitrogen and oxygen atoms in total.